The van der Waals surface area contributed by atoms with Crippen molar-refractivity contribution in [2.75, 3.05) is 0 Å². The molecule has 0 aromatic heterocycles. The fourth-order valence-corrected chi connectivity index (χ4v) is 2.06. The minimum atomic E-state index is 0.0957. The molecule has 1 saturated heterocycles. The number of carbonyl (C=O) groups excluding carboxylic acids is 2. The van der Waals surface area contributed by atoms with Gasteiger partial charge in [-0.05, 0) is 12.8 Å². The van der Waals surface area contributed by atoms with E-state index in [4.69, 9.17) is 0 Å². The van der Waals surface area contributed by atoms with E-state index in [-0.39, 0.29) is 17.9 Å². The van der Waals surface area contributed by atoms with Crippen LogP contribution in [0.1, 0.15) is 32.1 Å². The van der Waals surface area contributed by atoms with Gasteiger partial charge >= 0.3 is 0 Å². The highest BCUT2D eigenvalue weighted by Gasteiger charge is 2.37. The third-order valence-electron chi connectivity index (χ3n) is 2.84. The second kappa shape index (κ2) is 2.88. The van der Waals surface area contributed by atoms with Gasteiger partial charge in [0.15, 0.2) is 0 Å². The first-order chi connectivity index (χ1) is 5.77. The van der Waals surface area contributed by atoms with Crippen molar-refractivity contribution < 1.29 is 9.59 Å². The maximum absolute atomic E-state index is 11.4. The van der Waals surface area contributed by atoms with Gasteiger partial charge in [0.1, 0.15) is 5.78 Å². The van der Waals surface area contributed by atoms with Gasteiger partial charge < -0.3 is 5.32 Å². The fourth-order valence-electron chi connectivity index (χ4n) is 2.06. The molecule has 0 aromatic rings. The Morgan fingerprint density at radius 1 is 1.25 bits per heavy atom. The quantitative estimate of drug-likeness (QED) is 0.582. The third kappa shape index (κ3) is 1.24. The van der Waals surface area contributed by atoms with Crippen LogP contribution in [0.15, 0.2) is 0 Å². The van der Waals surface area contributed by atoms with E-state index >= 15 is 0 Å². The third-order valence-corrected chi connectivity index (χ3v) is 2.84. The molecule has 2 aliphatic rings. The number of Topliss-reactive ketones (excluding diaryl/α,β-unsaturated/α-hetero) is 1. The lowest BCUT2D eigenvalue weighted by molar-refractivity contribution is -0.134. The van der Waals surface area contributed by atoms with Crippen LogP contribution in [-0.4, -0.2) is 17.7 Å². The second-order valence-electron chi connectivity index (χ2n) is 3.70. The highest BCUT2D eigenvalue weighted by atomic mass is 16.2. The number of β-lactam (4-membered cyclic amide) rings is 1. The molecule has 0 aromatic carbocycles. The van der Waals surface area contributed by atoms with Gasteiger partial charge in [-0.3, -0.25) is 9.59 Å². The molecule has 1 amide bonds. The van der Waals surface area contributed by atoms with Crippen LogP contribution in [0.25, 0.3) is 0 Å². The predicted octanol–water partition coefficient (Wildman–Crippen LogP) is 0.634. The van der Waals surface area contributed by atoms with Crippen molar-refractivity contribution >= 4 is 11.7 Å². The summed E-state index contributed by atoms with van der Waals surface area (Å²) in [6, 6.07) is 0.172. The Morgan fingerprint density at radius 3 is 2.58 bits per heavy atom. The van der Waals surface area contributed by atoms with Crippen molar-refractivity contribution in [1.82, 2.24) is 5.32 Å². The number of nitrogens with one attached hydrogen (secondary N) is 1. The van der Waals surface area contributed by atoms with Crippen LogP contribution in [0.5, 0.6) is 0 Å². The van der Waals surface area contributed by atoms with Gasteiger partial charge in [-0.15, -0.1) is 0 Å². The van der Waals surface area contributed by atoms with Gasteiger partial charge in [-0.25, -0.2) is 0 Å². The molecule has 1 saturated carbocycles. The van der Waals surface area contributed by atoms with Crippen LogP contribution in [0, 0.1) is 5.92 Å². The Labute approximate surface area is 71.5 Å². The topological polar surface area (TPSA) is 46.2 Å². The Balaban J connectivity index is 1.93. The molecule has 2 atom stereocenters. The zero-order valence-corrected chi connectivity index (χ0v) is 7.01. The highest BCUT2D eigenvalue weighted by Crippen LogP contribution is 2.27. The van der Waals surface area contributed by atoms with E-state index in [1.54, 1.807) is 0 Å². The first-order valence-corrected chi connectivity index (χ1v) is 4.59. The summed E-state index contributed by atoms with van der Waals surface area (Å²) in [6.45, 7) is 0. The molecule has 0 spiro atoms. The molecule has 12 heavy (non-hydrogen) atoms. The zero-order chi connectivity index (χ0) is 8.55. The summed E-state index contributed by atoms with van der Waals surface area (Å²) in [5.74, 6) is 0.584. The molecule has 2 unspecified atom stereocenters. The SMILES string of the molecule is O=C1CC(C2CCCCC2=O)N1. The van der Waals surface area contributed by atoms with Gasteiger partial charge in [-0.1, -0.05) is 6.42 Å². The summed E-state index contributed by atoms with van der Waals surface area (Å²) in [7, 11) is 0. The molecule has 1 N–H and O–H groups in total. The van der Waals surface area contributed by atoms with E-state index in [1.807, 2.05) is 0 Å². The van der Waals surface area contributed by atoms with Crippen LogP contribution >= 0.6 is 0 Å². The van der Waals surface area contributed by atoms with Crippen LogP contribution in [0.2, 0.25) is 0 Å². The second-order valence-corrected chi connectivity index (χ2v) is 3.70. The minimum Gasteiger partial charge on any atom is -0.352 e. The minimum absolute atomic E-state index is 0.0957. The molecule has 2 rings (SSSR count). The lowest BCUT2D eigenvalue weighted by atomic mass is 9.79. The van der Waals surface area contributed by atoms with Gasteiger partial charge in [0.05, 0.1) is 0 Å². The maximum atomic E-state index is 11.4. The van der Waals surface area contributed by atoms with Crippen molar-refractivity contribution in [2.45, 2.75) is 38.1 Å². The summed E-state index contributed by atoms with van der Waals surface area (Å²) in [5.41, 5.74) is 0. The lowest BCUT2D eigenvalue weighted by Gasteiger charge is -2.35. The van der Waals surface area contributed by atoms with Crippen molar-refractivity contribution in [3.63, 3.8) is 0 Å². The molecule has 1 aliphatic carbocycles. The summed E-state index contributed by atoms with van der Waals surface area (Å²) in [4.78, 5) is 22.0. The average Bonchev–Trinajstić information content (AvgIpc) is 2.01. The maximum Gasteiger partial charge on any atom is 0.222 e. The zero-order valence-electron chi connectivity index (χ0n) is 7.01. The van der Waals surface area contributed by atoms with Gasteiger partial charge in [0, 0.05) is 24.8 Å². The number of rotatable bonds is 1. The Bertz CT molecular complexity index is 217. The molecule has 2 fully saturated rings. The fraction of sp³-hybridized carbons (Fsp3) is 0.778. The molecule has 66 valence electrons. The molecular weight excluding hydrogens is 154 g/mol. The monoisotopic (exact) mass is 167 g/mol. The first-order valence-electron chi connectivity index (χ1n) is 4.59. The number of ketones is 1. The number of hydrogen-bond donors (Lipinski definition) is 1. The molecule has 0 radical (unpaired) electrons. The van der Waals surface area contributed by atoms with Gasteiger partial charge in [-0.2, -0.15) is 0 Å². The van der Waals surface area contributed by atoms with Gasteiger partial charge in [0.25, 0.3) is 0 Å². The predicted molar refractivity (Wildman–Crippen MR) is 43.5 cm³/mol. The van der Waals surface area contributed by atoms with E-state index in [0.717, 1.165) is 25.7 Å². The first kappa shape index (κ1) is 7.77. The van der Waals surface area contributed by atoms with Crippen LogP contribution < -0.4 is 5.32 Å². The summed E-state index contributed by atoms with van der Waals surface area (Å²) < 4.78 is 0. The summed E-state index contributed by atoms with van der Waals surface area (Å²) in [5, 5.41) is 2.78. The smallest absolute Gasteiger partial charge is 0.222 e. The van der Waals surface area contributed by atoms with Gasteiger partial charge in [0.2, 0.25) is 5.91 Å². The van der Waals surface area contributed by atoms with E-state index in [0.29, 0.717) is 12.2 Å². The van der Waals surface area contributed by atoms with E-state index in [2.05, 4.69) is 5.32 Å². The van der Waals surface area contributed by atoms with Crippen molar-refractivity contribution in [1.29, 1.82) is 0 Å². The molecular formula is C9H13NO2. The normalized spacial score (nSPS) is 35.7. The highest BCUT2D eigenvalue weighted by molar-refractivity contribution is 5.88. The standard InChI is InChI=1S/C9H13NO2/c11-8-4-2-1-3-6(8)7-5-9(12)10-7/h6-7H,1-5H2,(H,10,12). The van der Waals surface area contributed by atoms with Crippen LogP contribution in [0.4, 0.5) is 0 Å². The molecule has 3 heteroatoms. The van der Waals surface area contributed by atoms with Crippen LogP contribution in [-0.2, 0) is 9.59 Å². The van der Waals surface area contributed by atoms with Crippen molar-refractivity contribution in [3.8, 4) is 0 Å². The molecule has 0 bridgehead atoms. The molecule has 3 nitrogen and oxygen atoms in total. The lowest BCUT2D eigenvalue weighted by Crippen LogP contribution is -2.55. The largest absolute Gasteiger partial charge is 0.352 e. The van der Waals surface area contributed by atoms with Crippen molar-refractivity contribution in [2.24, 2.45) is 5.92 Å². The summed E-state index contributed by atoms with van der Waals surface area (Å²) in [6.07, 6.45) is 4.44. The van der Waals surface area contributed by atoms with E-state index < -0.39 is 0 Å². The Hall–Kier alpha value is -0.860. The summed E-state index contributed by atoms with van der Waals surface area (Å²) >= 11 is 0. The van der Waals surface area contributed by atoms with Crippen molar-refractivity contribution in [3.05, 3.63) is 0 Å². The number of hydrogen-bond acceptors (Lipinski definition) is 2. The Kier molecular flexibility index (Phi) is 1.87. The molecule has 1 heterocycles. The van der Waals surface area contributed by atoms with E-state index in [1.165, 1.54) is 0 Å². The number of carbonyl (C=O) groups is 2. The van der Waals surface area contributed by atoms with Crippen LogP contribution in [0.3, 0.4) is 0 Å². The molecule has 1 aliphatic heterocycles. The van der Waals surface area contributed by atoms with E-state index in [9.17, 15) is 9.59 Å². The Morgan fingerprint density at radius 2 is 2.00 bits per heavy atom. The average molecular weight is 167 g/mol. The number of amides is 1.